The van der Waals surface area contributed by atoms with E-state index in [0.717, 1.165) is 13.0 Å². The van der Waals surface area contributed by atoms with E-state index in [2.05, 4.69) is 36.1 Å². The van der Waals surface area contributed by atoms with Crippen LogP contribution in [0.5, 0.6) is 5.75 Å². The highest BCUT2D eigenvalue weighted by Crippen LogP contribution is 2.51. The Kier molecular flexibility index (Phi) is 4.08. The smallest absolute Gasteiger partial charge is 0.410 e. The second kappa shape index (κ2) is 5.39. The number of carbonyl (C=O) groups is 1. The summed E-state index contributed by atoms with van der Waals surface area (Å²) in [4.78, 5) is 16.1. The van der Waals surface area contributed by atoms with E-state index in [0.29, 0.717) is 11.9 Å². The number of hydrogen-bond acceptors (Lipinski definition) is 4. The molecule has 1 aromatic rings. The molecule has 21 heavy (non-hydrogen) atoms. The summed E-state index contributed by atoms with van der Waals surface area (Å²) in [5.41, 5.74) is 2.60. The van der Waals surface area contributed by atoms with Crippen LogP contribution in [0.15, 0.2) is 18.2 Å². The molecule has 1 fully saturated rings. The largest absolute Gasteiger partial charge is 0.412 e. The van der Waals surface area contributed by atoms with Gasteiger partial charge in [0, 0.05) is 31.7 Å². The molecule has 1 N–H and O–H groups in total. The minimum absolute atomic E-state index is 0. The van der Waals surface area contributed by atoms with Crippen LogP contribution in [0.25, 0.3) is 0 Å². The summed E-state index contributed by atoms with van der Waals surface area (Å²) in [6.07, 6.45) is 1.07. The van der Waals surface area contributed by atoms with E-state index in [9.17, 15) is 4.79 Å². The Morgan fingerprint density at radius 1 is 1.43 bits per heavy atom. The van der Waals surface area contributed by atoms with Gasteiger partial charge in [0.25, 0.3) is 0 Å². The maximum Gasteiger partial charge on any atom is 0.412 e. The Bertz CT molecular complexity index is 566. The SMILES string of the molecule is CNC(=O)Oc1ccc2c(c1)[C@]1(C)CCN(C)[C@@H]1N2C.Cl. The van der Waals surface area contributed by atoms with Gasteiger partial charge in [-0.2, -0.15) is 0 Å². The quantitative estimate of drug-likeness (QED) is 0.863. The van der Waals surface area contributed by atoms with Crippen molar-refractivity contribution in [1.82, 2.24) is 10.2 Å². The van der Waals surface area contributed by atoms with Crippen LogP contribution in [-0.2, 0) is 5.41 Å². The number of amides is 1. The number of carbonyl (C=O) groups excluding carboxylic acids is 1. The molecule has 0 aliphatic carbocycles. The van der Waals surface area contributed by atoms with Crippen LogP contribution in [0, 0.1) is 0 Å². The van der Waals surface area contributed by atoms with Crippen LogP contribution < -0.4 is 15.0 Å². The first-order chi connectivity index (χ1) is 9.47. The lowest BCUT2D eigenvalue weighted by Crippen LogP contribution is -2.45. The summed E-state index contributed by atoms with van der Waals surface area (Å²) in [6, 6.07) is 5.92. The zero-order chi connectivity index (χ0) is 14.5. The van der Waals surface area contributed by atoms with Gasteiger partial charge in [-0.3, -0.25) is 4.90 Å². The predicted molar refractivity (Wildman–Crippen MR) is 85.6 cm³/mol. The lowest BCUT2D eigenvalue weighted by atomic mass is 9.81. The molecule has 1 amide bonds. The summed E-state index contributed by atoms with van der Waals surface area (Å²) in [6.45, 7) is 3.39. The van der Waals surface area contributed by atoms with Crippen molar-refractivity contribution in [3.8, 4) is 5.75 Å². The maximum atomic E-state index is 11.4. The Hall–Kier alpha value is -1.46. The molecule has 5 nitrogen and oxygen atoms in total. The fourth-order valence-corrected chi connectivity index (χ4v) is 3.78. The third-order valence-corrected chi connectivity index (χ3v) is 4.72. The molecule has 2 aliphatic heterocycles. The zero-order valence-corrected chi connectivity index (χ0v) is 13.7. The van der Waals surface area contributed by atoms with Crippen molar-refractivity contribution in [3.05, 3.63) is 23.8 Å². The average molecular weight is 312 g/mol. The van der Waals surface area contributed by atoms with Crippen molar-refractivity contribution in [2.75, 3.05) is 32.6 Å². The molecular weight excluding hydrogens is 290 g/mol. The number of nitrogens with zero attached hydrogens (tertiary/aromatic N) is 2. The second-order valence-electron chi connectivity index (χ2n) is 5.95. The van der Waals surface area contributed by atoms with Crippen molar-refractivity contribution >= 4 is 24.2 Å². The molecule has 3 rings (SSSR count). The number of fused-ring (bicyclic) bond motifs is 3. The van der Waals surface area contributed by atoms with E-state index >= 15 is 0 Å². The van der Waals surface area contributed by atoms with Crippen LogP contribution in [-0.4, -0.2) is 44.8 Å². The number of halogens is 1. The second-order valence-corrected chi connectivity index (χ2v) is 5.95. The third-order valence-electron chi connectivity index (χ3n) is 4.72. The van der Waals surface area contributed by atoms with Gasteiger partial charge >= 0.3 is 6.09 Å². The third kappa shape index (κ3) is 2.24. The number of likely N-dealkylation sites (tertiary alicyclic amines) is 1. The fourth-order valence-electron chi connectivity index (χ4n) is 3.78. The van der Waals surface area contributed by atoms with Gasteiger partial charge in [0.1, 0.15) is 5.75 Å². The summed E-state index contributed by atoms with van der Waals surface area (Å²) in [5.74, 6) is 0.605. The van der Waals surface area contributed by atoms with Crippen LogP contribution in [0.1, 0.15) is 18.9 Å². The highest BCUT2D eigenvalue weighted by Gasteiger charge is 2.52. The predicted octanol–water partition coefficient (Wildman–Crippen LogP) is 2.20. The molecule has 1 saturated heterocycles. The van der Waals surface area contributed by atoms with Gasteiger partial charge in [-0.25, -0.2) is 4.79 Å². The molecule has 0 unspecified atom stereocenters. The van der Waals surface area contributed by atoms with Crippen molar-refractivity contribution in [3.63, 3.8) is 0 Å². The molecule has 6 heteroatoms. The first kappa shape index (κ1) is 15.9. The van der Waals surface area contributed by atoms with Crippen molar-refractivity contribution in [2.45, 2.75) is 24.9 Å². The van der Waals surface area contributed by atoms with E-state index in [1.54, 1.807) is 7.05 Å². The van der Waals surface area contributed by atoms with E-state index in [4.69, 9.17) is 4.74 Å². The molecule has 0 bridgehead atoms. The Labute approximate surface area is 131 Å². The summed E-state index contributed by atoms with van der Waals surface area (Å²) >= 11 is 0. The number of likely N-dealkylation sites (N-methyl/N-ethyl adjacent to an activating group) is 2. The minimum atomic E-state index is -0.429. The lowest BCUT2D eigenvalue weighted by molar-refractivity contribution is 0.203. The topological polar surface area (TPSA) is 44.8 Å². The van der Waals surface area contributed by atoms with Crippen LogP contribution in [0.2, 0.25) is 0 Å². The van der Waals surface area contributed by atoms with E-state index < -0.39 is 6.09 Å². The molecule has 116 valence electrons. The van der Waals surface area contributed by atoms with Crippen molar-refractivity contribution in [1.29, 1.82) is 0 Å². The van der Waals surface area contributed by atoms with Crippen molar-refractivity contribution in [2.24, 2.45) is 0 Å². The first-order valence-electron chi connectivity index (χ1n) is 6.94. The van der Waals surface area contributed by atoms with Gasteiger partial charge in [0.2, 0.25) is 0 Å². The Morgan fingerprint density at radius 2 is 2.14 bits per heavy atom. The molecule has 2 aliphatic rings. The van der Waals surface area contributed by atoms with E-state index in [1.807, 2.05) is 18.2 Å². The molecule has 2 atom stereocenters. The number of benzene rings is 1. The van der Waals surface area contributed by atoms with Gasteiger partial charge in [0.05, 0.1) is 6.17 Å². The van der Waals surface area contributed by atoms with Gasteiger partial charge in [0.15, 0.2) is 0 Å². The van der Waals surface area contributed by atoms with Gasteiger partial charge in [-0.05, 0) is 37.2 Å². The van der Waals surface area contributed by atoms with Crippen LogP contribution in [0.4, 0.5) is 10.5 Å². The summed E-state index contributed by atoms with van der Waals surface area (Å²) in [5, 5.41) is 2.47. The van der Waals surface area contributed by atoms with Gasteiger partial charge in [-0.1, -0.05) is 6.92 Å². The molecule has 1 aromatic carbocycles. The van der Waals surface area contributed by atoms with Crippen LogP contribution in [0.3, 0.4) is 0 Å². The molecule has 0 spiro atoms. The molecular formula is C15H22ClN3O2. The highest BCUT2D eigenvalue weighted by atomic mass is 35.5. The highest BCUT2D eigenvalue weighted by molar-refractivity contribution is 5.85. The van der Waals surface area contributed by atoms with Gasteiger partial charge < -0.3 is 15.0 Å². The van der Waals surface area contributed by atoms with Gasteiger partial charge in [-0.15, -0.1) is 12.4 Å². The van der Waals surface area contributed by atoms with E-state index in [1.165, 1.54) is 11.3 Å². The van der Waals surface area contributed by atoms with E-state index in [-0.39, 0.29) is 17.8 Å². The molecule has 0 saturated carbocycles. The number of anilines is 1. The number of ether oxygens (including phenoxy) is 1. The molecule has 0 aromatic heterocycles. The lowest BCUT2D eigenvalue weighted by Gasteiger charge is -2.32. The Balaban J connectivity index is 0.00000161. The van der Waals surface area contributed by atoms with Crippen molar-refractivity contribution < 1.29 is 9.53 Å². The minimum Gasteiger partial charge on any atom is -0.410 e. The number of nitrogens with one attached hydrogen (secondary N) is 1. The number of rotatable bonds is 1. The monoisotopic (exact) mass is 311 g/mol. The zero-order valence-electron chi connectivity index (χ0n) is 12.8. The Morgan fingerprint density at radius 3 is 2.81 bits per heavy atom. The first-order valence-corrected chi connectivity index (χ1v) is 6.94. The number of hydrogen-bond donors (Lipinski definition) is 1. The standard InChI is InChI=1S/C15H21N3O2.ClH/c1-15-7-8-17(3)13(15)18(4)12-6-5-10(9-11(12)15)20-14(19)16-2;/h5-6,9,13H,7-8H2,1-4H3,(H,16,19);1H/t13-,15+;/m1./s1. The normalized spacial score (nSPS) is 26.9. The summed E-state index contributed by atoms with van der Waals surface area (Å²) < 4.78 is 5.26. The van der Waals surface area contributed by atoms with Crippen LogP contribution >= 0.6 is 12.4 Å². The summed E-state index contributed by atoms with van der Waals surface area (Å²) in [7, 11) is 5.86. The fraction of sp³-hybridized carbons (Fsp3) is 0.533. The average Bonchev–Trinajstić information content (AvgIpc) is 2.85. The maximum absolute atomic E-state index is 11.4. The molecule has 2 heterocycles. The molecule has 0 radical (unpaired) electrons.